The molecule has 1 amide bonds. The van der Waals surface area contributed by atoms with Crippen molar-refractivity contribution in [1.82, 2.24) is 9.88 Å². The first kappa shape index (κ1) is 17.2. The number of halogens is 2. The number of likely N-dealkylation sites (N-methyl/N-ethyl adjacent to an activating group) is 1. The fourth-order valence-electron chi connectivity index (χ4n) is 1.89. The molecule has 0 saturated heterocycles. The average Bonchev–Trinajstić information content (AvgIpc) is 2.48. The molecule has 2 aromatic rings. The van der Waals surface area contributed by atoms with Gasteiger partial charge in [0.05, 0.1) is 22.5 Å². The van der Waals surface area contributed by atoms with Gasteiger partial charge in [-0.1, -0.05) is 17.7 Å². The van der Waals surface area contributed by atoms with E-state index in [2.05, 4.69) is 20.5 Å². The zero-order valence-corrected chi connectivity index (χ0v) is 13.7. The lowest BCUT2D eigenvalue weighted by molar-refractivity contribution is 0.102. The Morgan fingerprint density at radius 1 is 1.30 bits per heavy atom. The zero-order chi connectivity index (χ0) is 16.8. The normalized spacial score (nSPS) is 10.7. The van der Waals surface area contributed by atoms with E-state index in [0.29, 0.717) is 11.5 Å². The molecule has 1 aromatic carbocycles. The molecular weight excluding hydrogens is 319 g/mol. The maximum atomic E-state index is 13.7. The van der Waals surface area contributed by atoms with E-state index >= 15 is 0 Å². The van der Waals surface area contributed by atoms with Crippen LogP contribution in [0.4, 0.5) is 15.9 Å². The molecule has 5 nitrogen and oxygen atoms in total. The van der Waals surface area contributed by atoms with E-state index in [-0.39, 0.29) is 10.6 Å². The number of nitrogens with one attached hydrogen (secondary N) is 2. The van der Waals surface area contributed by atoms with Crippen LogP contribution in [0.1, 0.15) is 10.4 Å². The third-order valence-electron chi connectivity index (χ3n) is 3.08. The molecule has 0 aliphatic carbocycles. The minimum atomic E-state index is -0.662. The summed E-state index contributed by atoms with van der Waals surface area (Å²) >= 11 is 5.87. The van der Waals surface area contributed by atoms with Gasteiger partial charge in [0.1, 0.15) is 11.6 Å². The number of carbonyl (C=O) groups is 1. The molecule has 1 heterocycles. The largest absolute Gasteiger partial charge is 0.369 e. The molecule has 0 spiro atoms. The van der Waals surface area contributed by atoms with Crippen LogP contribution < -0.4 is 10.6 Å². The second-order valence-corrected chi connectivity index (χ2v) is 5.62. The Balaban J connectivity index is 1.99. The van der Waals surface area contributed by atoms with Crippen LogP contribution in [0.5, 0.6) is 0 Å². The van der Waals surface area contributed by atoms with Crippen molar-refractivity contribution in [1.29, 1.82) is 0 Å². The average molecular weight is 337 g/mol. The van der Waals surface area contributed by atoms with Gasteiger partial charge < -0.3 is 15.5 Å². The number of pyridine rings is 1. The highest BCUT2D eigenvalue weighted by molar-refractivity contribution is 6.34. The lowest BCUT2D eigenvalue weighted by Gasteiger charge is -2.11. The van der Waals surface area contributed by atoms with Gasteiger partial charge in [0, 0.05) is 13.1 Å². The number of aromatic nitrogens is 1. The number of rotatable bonds is 6. The number of anilines is 2. The summed E-state index contributed by atoms with van der Waals surface area (Å²) < 4.78 is 13.7. The summed E-state index contributed by atoms with van der Waals surface area (Å²) in [5.74, 6) is -0.568. The van der Waals surface area contributed by atoms with Gasteiger partial charge in [-0.25, -0.2) is 9.37 Å². The van der Waals surface area contributed by atoms with E-state index < -0.39 is 11.7 Å². The Morgan fingerprint density at radius 3 is 2.70 bits per heavy atom. The maximum absolute atomic E-state index is 13.7. The van der Waals surface area contributed by atoms with Crippen molar-refractivity contribution in [2.24, 2.45) is 0 Å². The van der Waals surface area contributed by atoms with Gasteiger partial charge in [-0.3, -0.25) is 4.79 Å². The van der Waals surface area contributed by atoms with Gasteiger partial charge >= 0.3 is 0 Å². The molecule has 1 aromatic heterocycles. The molecule has 0 unspecified atom stereocenters. The number of carbonyl (C=O) groups excluding carboxylic acids is 1. The van der Waals surface area contributed by atoms with E-state index in [1.165, 1.54) is 24.4 Å². The Labute approximate surface area is 139 Å². The van der Waals surface area contributed by atoms with Gasteiger partial charge in [0.25, 0.3) is 5.91 Å². The van der Waals surface area contributed by atoms with E-state index in [1.54, 1.807) is 12.1 Å². The molecule has 2 rings (SSSR count). The summed E-state index contributed by atoms with van der Waals surface area (Å²) in [6.07, 6.45) is 1.50. The van der Waals surface area contributed by atoms with Crippen molar-refractivity contribution >= 4 is 29.0 Å². The fraction of sp³-hybridized carbons (Fsp3) is 0.250. The standard InChI is InChI=1S/C16H18ClFN4O/c1-22(2)9-8-19-14-7-6-11(10-20-14)21-16(23)15-12(17)4-3-5-13(15)18/h3-7,10H,8-9H2,1-2H3,(H,19,20)(H,21,23). The number of hydrogen-bond donors (Lipinski definition) is 2. The fourth-order valence-corrected chi connectivity index (χ4v) is 2.14. The van der Waals surface area contributed by atoms with Crippen LogP contribution in [-0.4, -0.2) is 43.0 Å². The van der Waals surface area contributed by atoms with Crippen molar-refractivity contribution < 1.29 is 9.18 Å². The predicted octanol–water partition coefficient (Wildman–Crippen LogP) is 3.10. The van der Waals surface area contributed by atoms with Gasteiger partial charge in [-0.15, -0.1) is 0 Å². The second kappa shape index (κ2) is 7.89. The molecule has 122 valence electrons. The summed E-state index contributed by atoms with van der Waals surface area (Å²) in [5, 5.41) is 5.81. The van der Waals surface area contributed by atoms with Gasteiger partial charge in [0.15, 0.2) is 0 Å². The zero-order valence-electron chi connectivity index (χ0n) is 12.9. The third-order valence-corrected chi connectivity index (χ3v) is 3.39. The minimum absolute atomic E-state index is 0.0671. The van der Waals surface area contributed by atoms with Crippen LogP contribution in [0.3, 0.4) is 0 Å². The van der Waals surface area contributed by atoms with Gasteiger partial charge in [0.2, 0.25) is 0 Å². The summed E-state index contributed by atoms with van der Waals surface area (Å²) in [6, 6.07) is 7.54. The van der Waals surface area contributed by atoms with Gasteiger partial charge in [-0.05, 0) is 38.4 Å². The third kappa shape index (κ3) is 4.91. The maximum Gasteiger partial charge on any atom is 0.260 e. The monoisotopic (exact) mass is 336 g/mol. The van der Waals surface area contributed by atoms with Crippen LogP contribution in [-0.2, 0) is 0 Å². The van der Waals surface area contributed by atoms with E-state index in [9.17, 15) is 9.18 Å². The van der Waals surface area contributed by atoms with Crippen LogP contribution in [0.2, 0.25) is 5.02 Å². The molecular formula is C16H18ClFN4O. The summed E-state index contributed by atoms with van der Waals surface area (Å²) in [5.41, 5.74) is 0.287. The molecule has 2 N–H and O–H groups in total. The van der Waals surface area contributed by atoms with Gasteiger partial charge in [-0.2, -0.15) is 0 Å². The van der Waals surface area contributed by atoms with Crippen molar-refractivity contribution in [2.75, 3.05) is 37.8 Å². The van der Waals surface area contributed by atoms with E-state index in [4.69, 9.17) is 11.6 Å². The first-order valence-electron chi connectivity index (χ1n) is 7.07. The summed E-state index contributed by atoms with van der Waals surface area (Å²) in [4.78, 5) is 18.4. The highest BCUT2D eigenvalue weighted by atomic mass is 35.5. The van der Waals surface area contributed by atoms with Crippen molar-refractivity contribution in [3.8, 4) is 0 Å². The van der Waals surface area contributed by atoms with Crippen LogP contribution in [0.15, 0.2) is 36.5 Å². The quantitative estimate of drug-likeness (QED) is 0.851. The predicted molar refractivity (Wildman–Crippen MR) is 90.6 cm³/mol. The Bertz CT molecular complexity index is 656. The number of hydrogen-bond acceptors (Lipinski definition) is 4. The van der Waals surface area contributed by atoms with Crippen LogP contribution >= 0.6 is 11.6 Å². The molecule has 0 saturated carbocycles. The summed E-state index contributed by atoms with van der Waals surface area (Å²) in [6.45, 7) is 1.64. The second-order valence-electron chi connectivity index (χ2n) is 5.21. The number of amides is 1. The minimum Gasteiger partial charge on any atom is -0.369 e. The number of nitrogens with zero attached hydrogens (tertiary/aromatic N) is 2. The Morgan fingerprint density at radius 2 is 2.09 bits per heavy atom. The molecule has 23 heavy (non-hydrogen) atoms. The van der Waals surface area contributed by atoms with Crippen molar-refractivity contribution in [3.05, 3.63) is 52.9 Å². The van der Waals surface area contributed by atoms with E-state index in [0.717, 1.165) is 13.1 Å². The number of benzene rings is 1. The lowest BCUT2D eigenvalue weighted by atomic mass is 10.2. The SMILES string of the molecule is CN(C)CCNc1ccc(NC(=O)c2c(F)cccc2Cl)cn1. The first-order valence-corrected chi connectivity index (χ1v) is 7.45. The molecule has 0 aliphatic rings. The molecule has 0 atom stereocenters. The molecule has 0 bridgehead atoms. The van der Waals surface area contributed by atoms with Crippen LogP contribution in [0, 0.1) is 5.82 Å². The summed E-state index contributed by atoms with van der Waals surface area (Å²) in [7, 11) is 3.98. The topological polar surface area (TPSA) is 57.3 Å². The van der Waals surface area contributed by atoms with Crippen molar-refractivity contribution in [3.63, 3.8) is 0 Å². The Kier molecular flexibility index (Phi) is 5.90. The lowest BCUT2D eigenvalue weighted by Crippen LogP contribution is -2.21. The highest BCUT2D eigenvalue weighted by Crippen LogP contribution is 2.20. The first-order chi connectivity index (χ1) is 11.0. The molecule has 0 aliphatic heterocycles. The Hall–Kier alpha value is -2.18. The van der Waals surface area contributed by atoms with Crippen LogP contribution in [0.25, 0.3) is 0 Å². The van der Waals surface area contributed by atoms with E-state index in [1.807, 2.05) is 14.1 Å². The molecule has 0 fully saturated rings. The highest BCUT2D eigenvalue weighted by Gasteiger charge is 2.15. The smallest absolute Gasteiger partial charge is 0.260 e. The molecule has 0 radical (unpaired) electrons. The molecule has 7 heteroatoms. The van der Waals surface area contributed by atoms with Crippen molar-refractivity contribution in [2.45, 2.75) is 0 Å².